The summed E-state index contributed by atoms with van der Waals surface area (Å²) < 4.78 is 36.9. The van der Waals surface area contributed by atoms with Gasteiger partial charge in [0.25, 0.3) is 0 Å². The zero-order chi connectivity index (χ0) is 51.6. The first-order chi connectivity index (χ1) is 32.3. The molecule has 8 bridgehead atoms. The van der Waals surface area contributed by atoms with E-state index in [9.17, 15) is 33.6 Å². The van der Waals surface area contributed by atoms with E-state index in [1.165, 1.54) is 49.8 Å². The number of fused-ring (bicyclic) bond motifs is 6. The summed E-state index contributed by atoms with van der Waals surface area (Å²) in [6.07, 6.45) is 2.09. The molecule has 2 N–H and O–H groups in total. The second-order valence-corrected chi connectivity index (χ2v) is 20.2. The summed E-state index contributed by atoms with van der Waals surface area (Å²) in [5, 5.41) is 5.61. The Hall–Kier alpha value is -5.21. The molecule has 19 nitrogen and oxygen atoms in total. The fourth-order valence-electron chi connectivity index (χ4n) is 12.0. The topological polar surface area (TPSA) is 267 Å². The molecule has 20 heteroatoms. The van der Waals surface area contributed by atoms with Crippen molar-refractivity contribution in [1.29, 1.82) is 0 Å². The Kier molecular flexibility index (Phi) is 21.2. The first kappa shape index (κ1) is 62.9. The molecule has 0 spiro atoms. The summed E-state index contributed by atoms with van der Waals surface area (Å²) in [7, 11) is 9.08. The molecule has 1 saturated heterocycles. The Morgan fingerprint density at radius 3 is 1.58 bits per heavy atom. The average Bonchev–Trinajstić information content (AvgIpc) is 3.95. The van der Waals surface area contributed by atoms with E-state index >= 15 is 0 Å². The maximum atomic E-state index is 15.0. The van der Waals surface area contributed by atoms with Crippen molar-refractivity contribution in [2.24, 2.45) is 60.3 Å². The molecule has 0 aromatic heterocycles. The van der Waals surface area contributed by atoms with E-state index in [4.69, 9.17) is 53.5 Å². The van der Waals surface area contributed by atoms with Gasteiger partial charge < -0.3 is 51.4 Å². The molecule has 5 aliphatic heterocycles. The summed E-state index contributed by atoms with van der Waals surface area (Å²) in [5.41, 5.74) is -1.97. The zero-order valence-corrected chi connectivity index (χ0v) is 45.9. The van der Waals surface area contributed by atoms with Crippen LogP contribution in [0.1, 0.15) is 120 Å². The van der Waals surface area contributed by atoms with E-state index in [0.717, 1.165) is 0 Å². The minimum absolute atomic E-state index is 0. The maximum absolute atomic E-state index is 15.0. The van der Waals surface area contributed by atoms with E-state index in [2.05, 4.69) is 0 Å². The van der Waals surface area contributed by atoms with Crippen molar-refractivity contribution < 1.29 is 89.0 Å². The average molecular weight is 1060 g/mol. The fourth-order valence-corrected chi connectivity index (χ4v) is 12.0. The molecule has 0 aromatic carbocycles. The minimum Gasteiger partial charge on any atom is -0.680 e. The van der Waals surface area contributed by atoms with Crippen molar-refractivity contribution in [3.8, 4) is 0 Å². The number of hydrogen-bond acceptors (Lipinski definition) is 17. The van der Waals surface area contributed by atoms with Crippen LogP contribution in [0.4, 0.5) is 0 Å². The number of allylic oxidation sites excluding steroid dienone is 6. The Morgan fingerprint density at radius 1 is 0.597 bits per heavy atom. The Labute approximate surface area is 434 Å². The smallest absolute Gasteiger partial charge is 0.680 e. The maximum Gasteiger partial charge on any atom is 2.00 e. The normalized spacial score (nSPS) is 32.3. The van der Waals surface area contributed by atoms with Gasteiger partial charge in [-0.3, -0.25) is 48.5 Å². The second-order valence-electron chi connectivity index (χ2n) is 20.2. The molecule has 9 atom stereocenters. The van der Waals surface area contributed by atoms with Gasteiger partial charge >= 0.3 is 58.6 Å². The number of carbonyl (C=O) groups excluding carboxylic acids is 7. The molecule has 0 amide bonds. The van der Waals surface area contributed by atoms with Crippen molar-refractivity contribution in [3.05, 3.63) is 47.1 Å². The standard InChI is InChI=1S/C51H71N4O14.CH3.Co.H2O/c1-27-41-30(17-20-36(57)64-10)47(3,4)34(53-41)25-33-29(16-19-35(56)63-9)49(6,26-40(61)68-14)44(52-33)28(2)42-31(18-21-37(58)65-11)50(7,46(62)69-15)51(8,55-42)45-32(24-39(60)67-13)48(5,43(27)54-45)23-22-38(59)66-12;;;/h25,29-32,45H,16-24,26H2,1-15H3;1H3;;1H2/q2*-1;+2;/t29-,30-,31-,32-,45?,48?,49?,50?,51+;;;/m0.../s1. The molecule has 403 valence electrons. The zero-order valence-electron chi connectivity index (χ0n) is 44.9. The van der Waals surface area contributed by atoms with Crippen molar-refractivity contribution in [2.75, 3.05) is 49.8 Å². The van der Waals surface area contributed by atoms with Crippen LogP contribution in [0, 0.1) is 52.8 Å². The molecule has 4 unspecified atom stereocenters. The van der Waals surface area contributed by atoms with Crippen LogP contribution >= 0.6 is 0 Å². The molecule has 0 aliphatic carbocycles. The number of carbonyl (C=O) groups is 7. The van der Waals surface area contributed by atoms with E-state index in [1.807, 2.05) is 47.6 Å². The molecule has 1 fully saturated rings. The van der Waals surface area contributed by atoms with Crippen LogP contribution in [0.2, 0.25) is 0 Å². The summed E-state index contributed by atoms with van der Waals surface area (Å²) in [6.45, 7) is 15.1. The van der Waals surface area contributed by atoms with Gasteiger partial charge in [-0.05, 0) is 69.6 Å². The van der Waals surface area contributed by atoms with Crippen LogP contribution in [0.5, 0.6) is 0 Å². The van der Waals surface area contributed by atoms with Crippen LogP contribution in [-0.2, 0) is 83.5 Å². The van der Waals surface area contributed by atoms with Crippen LogP contribution < -0.4 is 0 Å². The number of ether oxygens (including phenoxy) is 7. The molecule has 0 aromatic rings. The minimum atomic E-state index is -1.61. The Morgan fingerprint density at radius 2 is 1.08 bits per heavy atom. The SMILES string of the molecule is COC(=O)CC[C@H]1/C2=C(\C)C3=NC([C@H](CC(=O)OC)C3(C)CCC(=O)OC)[C@@]3(C)[N-]/C(=C(/C)C4=N/C(=C\C(=N2)C1(C)C)[C@H](CCC(=O)OC)C4(C)CC(=O)OC)[C@H](CCC(=O)OC)C3(C)C(=O)OC.O.[CH3-].[Co+2]. The van der Waals surface area contributed by atoms with Gasteiger partial charge in [-0.2, -0.15) is 5.70 Å². The molecule has 0 saturated carbocycles. The molecular formula is C52H76CoN4O15. The third kappa shape index (κ3) is 11.0. The largest absolute Gasteiger partial charge is 2.00 e. The van der Waals surface area contributed by atoms with Crippen LogP contribution in [0.3, 0.4) is 0 Å². The van der Waals surface area contributed by atoms with Crippen LogP contribution in [0.25, 0.3) is 5.32 Å². The molecule has 5 aliphatic rings. The van der Waals surface area contributed by atoms with Gasteiger partial charge in [0, 0.05) is 94.3 Å². The fraction of sp³-hybridized carbons (Fsp3) is 0.673. The molecular weight excluding hydrogens is 980 g/mol. The molecule has 5 rings (SSSR count). The summed E-state index contributed by atoms with van der Waals surface area (Å²) in [6, 6.07) is -0.996. The predicted molar refractivity (Wildman–Crippen MR) is 264 cm³/mol. The van der Waals surface area contributed by atoms with Crippen LogP contribution in [-0.4, -0.2) is 126 Å². The van der Waals surface area contributed by atoms with E-state index in [1.54, 1.807) is 13.8 Å². The monoisotopic (exact) mass is 1060 g/mol. The third-order valence-electron chi connectivity index (χ3n) is 16.4. The van der Waals surface area contributed by atoms with Gasteiger partial charge in [0.1, 0.15) is 0 Å². The van der Waals surface area contributed by atoms with Crippen molar-refractivity contribution in [3.63, 3.8) is 0 Å². The number of esters is 7. The van der Waals surface area contributed by atoms with E-state index in [0.29, 0.717) is 51.8 Å². The van der Waals surface area contributed by atoms with E-state index < -0.39 is 98.7 Å². The number of nitrogens with zero attached hydrogens (tertiary/aromatic N) is 4. The Bertz CT molecular complexity index is 2330. The second kappa shape index (κ2) is 24.2. The van der Waals surface area contributed by atoms with Crippen molar-refractivity contribution >= 4 is 58.9 Å². The number of rotatable bonds is 17. The third-order valence-corrected chi connectivity index (χ3v) is 16.4. The van der Waals surface area contributed by atoms with Gasteiger partial charge in [-0.1, -0.05) is 40.2 Å². The summed E-state index contributed by atoms with van der Waals surface area (Å²) in [5.74, 6) is -6.32. The quantitative estimate of drug-likeness (QED) is 0.0849. The first-order valence-electron chi connectivity index (χ1n) is 23.5. The molecule has 5 heterocycles. The van der Waals surface area contributed by atoms with Crippen LogP contribution in [0.15, 0.2) is 49.3 Å². The number of methoxy groups -OCH3 is 7. The van der Waals surface area contributed by atoms with Gasteiger partial charge in [0.2, 0.25) is 0 Å². The van der Waals surface area contributed by atoms with Gasteiger partial charge in [0.15, 0.2) is 0 Å². The number of hydrogen-bond donors (Lipinski definition) is 0. The van der Waals surface area contributed by atoms with Crippen molar-refractivity contribution in [2.45, 2.75) is 131 Å². The number of aliphatic imine (C=N–C) groups is 3. The first-order valence-corrected chi connectivity index (χ1v) is 23.5. The molecule has 1 radical (unpaired) electrons. The van der Waals surface area contributed by atoms with Gasteiger partial charge in [-0.15, -0.1) is 0 Å². The molecule has 72 heavy (non-hydrogen) atoms. The predicted octanol–water partition coefficient (Wildman–Crippen LogP) is 6.56. The van der Waals surface area contributed by atoms with E-state index in [-0.39, 0.29) is 87.5 Å². The Balaban J connectivity index is 0.00000592. The summed E-state index contributed by atoms with van der Waals surface area (Å²) in [4.78, 5) is 111. The van der Waals surface area contributed by atoms with Crippen molar-refractivity contribution in [1.82, 2.24) is 0 Å². The summed E-state index contributed by atoms with van der Waals surface area (Å²) >= 11 is 0. The van der Waals surface area contributed by atoms with Gasteiger partial charge in [-0.25, -0.2) is 0 Å². The van der Waals surface area contributed by atoms with Gasteiger partial charge in [0.05, 0.1) is 68.0 Å².